The van der Waals surface area contributed by atoms with E-state index in [2.05, 4.69) is 9.97 Å². The van der Waals surface area contributed by atoms with Gasteiger partial charge in [0.05, 0.1) is 17.3 Å². The van der Waals surface area contributed by atoms with E-state index >= 15 is 0 Å². The Balaban J connectivity index is 2.69. The Bertz CT molecular complexity index is 659. The van der Waals surface area contributed by atoms with Crippen LogP contribution in [0.3, 0.4) is 0 Å². The zero-order valence-electron chi connectivity index (χ0n) is 10.7. The van der Waals surface area contributed by atoms with Crippen LogP contribution in [0.1, 0.15) is 30.9 Å². The van der Waals surface area contributed by atoms with Crippen LogP contribution in [0.4, 0.5) is 10.2 Å². The highest BCUT2D eigenvalue weighted by atomic mass is 19.1. The lowest BCUT2D eigenvalue weighted by molar-refractivity contribution is 0.627. The molecule has 4 nitrogen and oxygen atoms in total. The first-order valence-corrected chi connectivity index (χ1v) is 5.84. The van der Waals surface area contributed by atoms with Gasteiger partial charge in [0, 0.05) is 11.1 Å². The molecule has 0 unspecified atom stereocenters. The SMILES string of the molecule is CC(C)c1c(N)ncnc1-c1cc(F)cc(C#N)c1. The summed E-state index contributed by atoms with van der Waals surface area (Å²) in [6.07, 6.45) is 1.34. The van der Waals surface area contributed by atoms with Crippen LogP contribution in [-0.2, 0) is 0 Å². The average molecular weight is 256 g/mol. The molecule has 96 valence electrons. The van der Waals surface area contributed by atoms with Gasteiger partial charge in [-0.25, -0.2) is 14.4 Å². The fourth-order valence-corrected chi connectivity index (χ4v) is 2.00. The number of benzene rings is 1. The molecule has 0 bridgehead atoms. The second-order valence-electron chi connectivity index (χ2n) is 4.52. The lowest BCUT2D eigenvalue weighted by atomic mass is 9.96. The molecule has 2 N–H and O–H groups in total. The number of nitriles is 1. The van der Waals surface area contributed by atoms with Gasteiger partial charge in [-0.2, -0.15) is 5.26 Å². The van der Waals surface area contributed by atoms with Crippen LogP contribution < -0.4 is 5.73 Å². The van der Waals surface area contributed by atoms with Gasteiger partial charge in [0.15, 0.2) is 0 Å². The summed E-state index contributed by atoms with van der Waals surface area (Å²) >= 11 is 0. The predicted molar refractivity (Wildman–Crippen MR) is 70.6 cm³/mol. The predicted octanol–water partition coefficient (Wildman–Crippen LogP) is 2.86. The summed E-state index contributed by atoms with van der Waals surface area (Å²) in [4.78, 5) is 8.14. The minimum absolute atomic E-state index is 0.102. The van der Waals surface area contributed by atoms with Crippen LogP contribution >= 0.6 is 0 Å². The van der Waals surface area contributed by atoms with Gasteiger partial charge >= 0.3 is 0 Å². The Morgan fingerprint density at radius 1 is 1.26 bits per heavy atom. The van der Waals surface area contributed by atoms with Gasteiger partial charge < -0.3 is 5.73 Å². The highest BCUT2D eigenvalue weighted by Gasteiger charge is 2.15. The van der Waals surface area contributed by atoms with E-state index in [0.29, 0.717) is 17.1 Å². The molecule has 0 saturated heterocycles. The van der Waals surface area contributed by atoms with Crippen molar-refractivity contribution in [2.45, 2.75) is 19.8 Å². The maximum absolute atomic E-state index is 13.5. The van der Waals surface area contributed by atoms with Crippen molar-refractivity contribution in [3.05, 3.63) is 41.5 Å². The van der Waals surface area contributed by atoms with Crippen molar-refractivity contribution in [3.63, 3.8) is 0 Å². The molecule has 0 aliphatic heterocycles. The van der Waals surface area contributed by atoms with E-state index in [9.17, 15) is 4.39 Å². The molecule has 0 aliphatic rings. The van der Waals surface area contributed by atoms with Crippen LogP contribution in [0.15, 0.2) is 24.5 Å². The van der Waals surface area contributed by atoms with Crippen LogP contribution in [0.2, 0.25) is 0 Å². The molecule has 1 aromatic heterocycles. The van der Waals surface area contributed by atoms with Gasteiger partial charge in [0.2, 0.25) is 0 Å². The zero-order valence-corrected chi connectivity index (χ0v) is 10.7. The number of rotatable bonds is 2. The van der Waals surface area contributed by atoms with Crippen LogP contribution in [0, 0.1) is 17.1 Å². The topological polar surface area (TPSA) is 75.6 Å². The minimum atomic E-state index is -0.471. The highest BCUT2D eigenvalue weighted by Crippen LogP contribution is 2.31. The van der Waals surface area contributed by atoms with E-state index in [1.807, 2.05) is 19.9 Å². The third kappa shape index (κ3) is 2.52. The van der Waals surface area contributed by atoms with E-state index in [0.717, 1.165) is 5.56 Å². The Hall–Kier alpha value is -2.48. The number of hydrogen-bond acceptors (Lipinski definition) is 4. The lowest BCUT2D eigenvalue weighted by Crippen LogP contribution is -2.04. The van der Waals surface area contributed by atoms with Gasteiger partial charge in [0.25, 0.3) is 0 Å². The molecule has 1 aromatic carbocycles. The Morgan fingerprint density at radius 2 is 2.00 bits per heavy atom. The maximum Gasteiger partial charge on any atom is 0.130 e. The monoisotopic (exact) mass is 256 g/mol. The number of hydrogen-bond donors (Lipinski definition) is 1. The molecular formula is C14H13FN4. The van der Waals surface area contributed by atoms with Crippen molar-refractivity contribution in [3.8, 4) is 17.3 Å². The third-order valence-corrected chi connectivity index (χ3v) is 2.79. The average Bonchev–Trinajstić information content (AvgIpc) is 2.37. The number of halogens is 1. The Labute approximate surface area is 110 Å². The highest BCUT2D eigenvalue weighted by molar-refractivity contribution is 5.69. The van der Waals surface area contributed by atoms with E-state index in [1.54, 1.807) is 6.07 Å². The molecule has 0 aliphatic carbocycles. The second kappa shape index (κ2) is 5.02. The molecule has 2 aromatic rings. The molecule has 0 fully saturated rings. The molecule has 5 heteroatoms. The van der Waals surface area contributed by atoms with Crippen LogP contribution in [0.5, 0.6) is 0 Å². The van der Waals surface area contributed by atoms with Crippen LogP contribution in [-0.4, -0.2) is 9.97 Å². The van der Waals surface area contributed by atoms with Crippen LogP contribution in [0.25, 0.3) is 11.3 Å². The summed E-state index contributed by atoms with van der Waals surface area (Å²) in [6, 6.07) is 6.05. The van der Waals surface area contributed by atoms with E-state index in [4.69, 9.17) is 11.0 Å². The first-order valence-electron chi connectivity index (χ1n) is 5.84. The van der Waals surface area contributed by atoms with E-state index < -0.39 is 5.82 Å². The summed E-state index contributed by atoms with van der Waals surface area (Å²) in [6.45, 7) is 3.92. The van der Waals surface area contributed by atoms with Gasteiger partial charge in [0.1, 0.15) is 18.0 Å². The Morgan fingerprint density at radius 3 is 2.63 bits per heavy atom. The molecular weight excluding hydrogens is 243 g/mol. The first-order chi connectivity index (χ1) is 9.02. The molecule has 0 atom stereocenters. The second-order valence-corrected chi connectivity index (χ2v) is 4.52. The van der Waals surface area contributed by atoms with Crippen molar-refractivity contribution in [2.75, 3.05) is 5.73 Å². The normalized spacial score (nSPS) is 10.5. The fourth-order valence-electron chi connectivity index (χ4n) is 2.00. The molecule has 2 rings (SSSR count). The number of anilines is 1. The van der Waals surface area contributed by atoms with Crippen molar-refractivity contribution >= 4 is 5.82 Å². The van der Waals surface area contributed by atoms with Crippen molar-refractivity contribution < 1.29 is 4.39 Å². The van der Waals surface area contributed by atoms with Gasteiger partial charge in [-0.05, 0) is 24.1 Å². The number of aromatic nitrogens is 2. The summed E-state index contributed by atoms with van der Waals surface area (Å²) in [5, 5.41) is 8.89. The number of nitrogen functional groups attached to an aromatic ring is 1. The minimum Gasteiger partial charge on any atom is -0.383 e. The molecule has 0 saturated carbocycles. The van der Waals surface area contributed by atoms with Gasteiger partial charge in [-0.1, -0.05) is 13.8 Å². The van der Waals surface area contributed by atoms with Crippen molar-refractivity contribution in [1.82, 2.24) is 9.97 Å². The number of nitrogens with two attached hydrogens (primary N) is 1. The molecule has 1 heterocycles. The lowest BCUT2D eigenvalue weighted by Gasteiger charge is -2.13. The van der Waals surface area contributed by atoms with Gasteiger partial charge in [-0.3, -0.25) is 0 Å². The largest absolute Gasteiger partial charge is 0.383 e. The number of nitrogens with zero attached hydrogens (tertiary/aromatic N) is 3. The quantitative estimate of drug-likeness (QED) is 0.896. The summed E-state index contributed by atoms with van der Waals surface area (Å²) < 4.78 is 13.5. The van der Waals surface area contributed by atoms with E-state index in [-0.39, 0.29) is 11.5 Å². The Kier molecular flexibility index (Phi) is 3.43. The summed E-state index contributed by atoms with van der Waals surface area (Å²) in [7, 11) is 0. The molecule has 0 spiro atoms. The van der Waals surface area contributed by atoms with E-state index in [1.165, 1.54) is 18.5 Å². The van der Waals surface area contributed by atoms with Crippen molar-refractivity contribution in [2.24, 2.45) is 0 Å². The summed E-state index contributed by atoms with van der Waals surface area (Å²) in [5.74, 6) is 0.00807. The summed E-state index contributed by atoms with van der Waals surface area (Å²) in [5.41, 5.74) is 7.98. The molecule has 19 heavy (non-hydrogen) atoms. The van der Waals surface area contributed by atoms with Crippen molar-refractivity contribution in [1.29, 1.82) is 5.26 Å². The fraction of sp³-hybridized carbons (Fsp3) is 0.214. The molecule has 0 radical (unpaired) electrons. The maximum atomic E-state index is 13.5. The standard InChI is InChI=1S/C14H13FN4/c1-8(2)12-13(18-7-19-14(12)17)10-3-9(6-16)4-11(15)5-10/h3-5,7-8H,1-2H3,(H2,17,18,19). The smallest absolute Gasteiger partial charge is 0.130 e. The first kappa shape index (κ1) is 13.0. The third-order valence-electron chi connectivity index (χ3n) is 2.79. The zero-order chi connectivity index (χ0) is 14.0. The van der Waals surface area contributed by atoms with Gasteiger partial charge in [-0.15, -0.1) is 0 Å². The molecule has 0 amide bonds.